The van der Waals surface area contributed by atoms with E-state index < -0.39 is 0 Å². The van der Waals surface area contributed by atoms with Gasteiger partial charge in [-0.05, 0) is 24.6 Å². The van der Waals surface area contributed by atoms with E-state index in [0.717, 1.165) is 5.56 Å². The van der Waals surface area contributed by atoms with Crippen LogP contribution in [0.25, 0.3) is 0 Å². The van der Waals surface area contributed by atoms with Crippen molar-refractivity contribution in [2.24, 2.45) is 0 Å². The van der Waals surface area contributed by atoms with Gasteiger partial charge in [0.15, 0.2) is 5.78 Å². The van der Waals surface area contributed by atoms with Crippen molar-refractivity contribution in [1.82, 2.24) is 0 Å². The Bertz CT molecular complexity index is 562. The normalized spacial score (nSPS) is 10.2. The molecule has 0 heterocycles. The molecule has 2 aromatic carbocycles. The number of rotatable bonds is 2. The van der Waals surface area contributed by atoms with Crippen molar-refractivity contribution < 1.29 is 9.90 Å². The molecule has 86 valence electrons. The van der Waals surface area contributed by atoms with Crippen LogP contribution >= 0.6 is 11.6 Å². The van der Waals surface area contributed by atoms with E-state index in [9.17, 15) is 9.90 Å². The maximum Gasteiger partial charge on any atom is 0.196 e. The molecule has 2 rings (SSSR count). The van der Waals surface area contributed by atoms with Crippen LogP contribution in [0.3, 0.4) is 0 Å². The van der Waals surface area contributed by atoms with Crippen molar-refractivity contribution in [2.45, 2.75) is 6.92 Å². The summed E-state index contributed by atoms with van der Waals surface area (Å²) in [4.78, 5) is 12.1. The van der Waals surface area contributed by atoms with Crippen molar-refractivity contribution in [1.29, 1.82) is 0 Å². The van der Waals surface area contributed by atoms with E-state index >= 15 is 0 Å². The van der Waals surface area contributed by atoms with Gasteiger partial charge in [0.2, 0.25) is 0 Å². The van der Waals surface area contributed by atoms with E-state index in [4.69, 9.17) is 11.6 Å². The van der Waals surface area contributed by atoms with Crippen LogP contribution in [0.15, 0.2) is 42.5 Å². The average molecular weight is 247 g/mol. The van der Waals surface area contributed by atoms with Gasteiger partial charge in [-0.1, -0.05) is 41.9 Å². The Balaban J connectivity index is 2.48. The summed E-state index contributed by atoms with van der Waals surface area (Å²) in [6.45, 7) is 1.78. The van der Waals surface area contributed by atoms with Gasteiger partial charge in [-0.15, -0.1) is 0 Å². The molecule has 1 N–H and O–H groups in total. The third-order valence-corrected chi connectivity index (χ3v) is 2.96. The number of phenols is 1. The maximum absolute atomic E-state index is 12.1. The third-order valence-electron chi connectivity index (χ3n) is 2.56. The van der Waals surface area contributed by atoms with Gasteiger partial charge in [0, 0.05) is 10.6 Å². The van der Waals surface area contributed by atoms with E-state index in [0.29, 0.717) is 10.6 Å². The zero-order chi connectivity index (χ0) is 12.4. The molecule has 0 aliphatic carbocycles. The molecule has 17 heavy (non-hydrogen) atoms. The Morgan fingerprint density at radius 2 is 1.82 bits per heavy atom. The lowest BCUT2D eigenvalue weighted by atomic mass is 10.0. The molecular formula is C14H11ClO2. The molecule has 2 nitrogen and oxygen atoms in total. The second kappa shape index (κ2) is 4.60. The predicted octanol–water partition coefficient (Wildman–Crippen LogP) is 3.59. The number of hydrogen-bond acceptors (Lipinski definition) is 2. The smallest absolute Gasteiger partial charge is 0.196 e. The number of aryl methyl sites for hydroxylation is 1. The lowest BCUT2D eigenvalue weighted by Gasteiger charge is -2.06. The highest BCUT2D eigenvalue weighted by Gasteiger charge is 2.14. The van der Waals surface area contributed by atoms with E-state index in [-0.39, 0.29) is 17.1 Å². The van der Waals surface area contributed by atoms with Gasteiger partial charge in [0.05, 0.1) is 5.56 Å². The first-order chi connectivity index (χ1) is 8.09. The largest absolute Gasteiger partial charge is 0.507 e. The monoisotopic (exact) mass is 246 g/mol. The molecule has 0 aliphatic heterocycles. The van der Waals surface area contributed by atoms with Gasteiger partial charge < -0.3 is 5.11 Å². The minimum Gasteiger partial charge on any atom is -0.507 e. The fraction of sp³-hybridized carbons (Fsp3) is 0.0714. The number of phenolic OH excluding ortho intramolecular Hbond substituents is 1. The highest BCUT2D eigenvalue weighted by Crippen LogP contribution is 2.27. The topological polar surface area (TPSA) is 37.3 Å². The Kier molecular flexibility index (Phi) is 3.16. The molecule has 0 fully saturated rings. The van der Waals surface area contributed by atoms with Crippen molar-refractivity contribution in [2.75, 3.05) is 0 Å². The van der Waals surface area contributed by atoms with Crippen LogP contribution in [0.2, 0.25) is 5.02 Å². The minimum absolute atomic E-state index is 0.0410. The molecule has 0 radical (unpaired) electrons. The summed E-state index contributed by atoms with van der Waals surface area (Å²) in [5.41, 5.74) is 1.50. The Labute approximate surface area is 104 Å². The van der Waals surface area contributed by atoms with Gasteiger partial charge in [0.1, 0.15) is 5.75 Å². The quantitative estimate of drug-likeness (QED) is 0.823. The zero-order valence-electron chi connectivity index (χ0n) is 9.27. The van der Waals surface area contributed by atoms with E-state index in [1.165, 1.54) is 12.1 Å². The number of carbonyl (C=O) groups excluding carboxylic acids is 1. The number of hydrogen-bond donors (Lipinski definition) is 1. The zero-order valence-corrected chi connectivity index (χ0v) is 10.0. The first-order valence-electron chi connectivity index (χ1n) is 5.18. The van der Waals surface area contributed by atoms with E-state index in [1.54, 1.807) is 31.2 Å². The lowest BCUT2D eigenvalue weighted by molar-refractivity contribution is 0.103. The molecule has 0 saturated heterocycles. The molecule has 2 aromatic rings. The molecule has 0 spiro atoms. The van der Waals surface area contributed by atoms with Crippen LogP contribution in [-0.4, -0.2) is 10.9 Å². The fourth-order valence-electron chi connectivity index (χ4n) is 1.59. The highest BCUT2D eigenvalue weighted by molar-refractivity contribution is 6.32. The van der Waals surface area contributed by atoms with Crippen LogP contribution in [-0.2, 0) is 0 Å². The predicted molar refractivity (Wildman–Crippen MR) is 67.7 cm³/mol. The van der Waals surface area contributed by atoms with E-state index in [1.807, 2.05) is 6.07 Å². The second-order valence-electron chi connectivity index (χ2n) is 3.81. The summed E-state index contributed by atoms with van der Waals surface area (Å²) in [7, 11) is 0. The number of aromatic hydroxyl groups is 1. The number of halogens is 1. The van der Waals surface area contributed by atoms with Gasteiger partial charge in [-0.3, -0.25) is 4.79 Å². The summed E-state index contributed by atoms with van der Waals surface area (Å²) < 4.78 is 0. The Morgan fingerprint density at radius 3 is 2.47 bits per heavy atom. The minimum atomic E-state index is -0.231. The van der Waals surface area contributed by atoms with Crippen LogP contribution in [0.4, 0.5) is 0 Å². The van der Waals surface area contributed by atoms with Crippen LogP contribution in [0.5, 0.6) is 5.75 Å². The highest BCUT2D eigenvalue weighted by atomic mass is 35.5. The first-order valence-corrected chi connectivity index (χ1v) is 5.56. The second-order valence-corrected chi connectivity index (χ2v) is 4.22. The standard InChI is InChI=1S/C14H11ClO2/c1-9-7-13(16)11(8-12(9)15)14(17)10-5-3-2-4-6-10/h2-8,16H,1H3. The van der Waals surface area contributed by atoms with Gasteiger partial charge >= 0.3 is 0 Å². The molecule has 0 unspecified atom stereocenters. The molecule has 0 bridgehead atoms. The summed E-state index contributed by atoms with van der Waals surface area (Å²) in [6.07, 6.45) is 0. The molecule has 3 heteroatoms. The lowest BCUT2D eigenvalue weighted by Crippen LogP contribution is -2.01. The Morgan fingerprint density at radius 1 is 1.18 bits per heavy atom. The van der Waals surface area contributed by atoms with Gasteiger partial charge in [-0.2, -0.15) is 0 Å². The van der Waals surface area contributed by atoms with Crippen molar-refractivity contribution in [3.05, 3.63) is 64.2 Å². The molecule has 0 atom stereocenters. The van der Waals surface area contributed by atoms with Gasteiger partial charge in [0.25, 0.3) is 0 Å². The maximum atomic E-state index is 12.1. The summed E-state index contributed by atoms with van der Waals surface area (Å²) >= 11 is 5.95. The van der Waals surface area contributed by atoms with Crippen LogP contribution in [0, 0.1) is 6.92 Å². The molecular weight excluding hydrogens is 236 g/mol. The fourth-order valence-corrected chi connectivity index (χ4v) is 1.76. The summed E-state index contributed by atoms with van der Waals surface area (Å²) in [5, 5.41) is 10.2. The summed E-state index contributed by atoms with van der Waals surface area (Å²) in [6, 6.07) is 11.8. The summed E-state index contributed by atoms with van der Waals surface area (Å²) in [5.74, 6) is -0.272. The first kappa shape index (κ1) is 11.7. The molecule has 0 aliphatic rings. The molecule has 0 saturated carbocycles. The van der Waals surface area contributed by atoms with Crippen LogP contribution < -0.4 is 0 Å². The number of ketones is 1. The molecule has 0 amide bonds. The van der Waals surface area contributed by atoms with Crippen molar-refractivity contribution in [3.8, 4) is 5.75 Å². The number of benzene rings is 2. The SMILES string of the molecule is Cc1cc(O)c(C(=O)c2ccccc2)cc1Cl. The van der Waals surface area contributed by atoms with Crippen molar-refractivity contribution >= 4 is 17.4 Å². The van der Waals surface area contributed by atoms with Crippen molar-refractivity contribution in [3.63, 3.8) is 0 Å². The molecule has 0 aromatic heterocycles. The average Bonchev–Trinajstić information content (AvgIpc) is 2.34. The van der Waals surface area contributed by atoms with Crippen LogP contribution in [0.1, 0.15) is 21.5 Å². The Hall–Kier alpha value is -1.80. The number of carbonyl (C=O) groups is 1. The van der Waals surface area contributed by atoms with E-state index in [2.05, 4.69) is 0 Å². The van der Waals surface area contributed by atoms with Gasteiger partial charge in [-0.25, -0.2) is 0 Å². The third kappa shape index (κ3) is 2.32.